The second kappa shape index (κ2) is 13.3. The lowest BCUT2D eigenvalue weighted by Crippen LogP contribution is -2.55. The van der Waals surface area contributed by atoms with Crippen LogP contribution in [-0.2, 0) is 17.1 Å². The summed E-state index contributed by atoms with van der Waals surface area (Å²) in [5.74, 6) is -4.90. The van der Waals surface area contributed by atoms with Crippen LogP contribution in [0, 0.1) is 5.82 Å². The Balaban J connectivity index is 1.36. The Kier molecular flexibility index (Phi) is 9.85. The molecule has 2 fully saturated rings. The van der Waals surface area contributed by atoms with Gasteiger partial charge in [0.15, 0.2) is 0 Å². The van der Waals surface area contributed by atoms with Gasteiger partial charge in [-0.25, -0.2) is 8.70 Å². The summed E-state index contributed by atoms with van der Waals surface area (Å²) in [7, 11) is -2.93. The van der Waals surface area contributed by atoms with Gasteiger partial charge in [0.1, 0.15) is 11.5 Å². The maximum Gasteiger partial charge on any atom is 0.286 e. The average molecular weight is 653 g/mol. The number of hydrogen-bond acceptors (Lipinski definition) is 8. The standard InChI is InChI=1S/C30H36ClF3N6O3S/c1-30(33,34)26-11-6-19(13-38-26)27(18-4-7-20(31)8-5-18)28(35)29(41)39-25-16-36-15-24(32)23(25)10-9-22-14-37-21-3-2-12-44(42,43)40(22)17-21/h4-8,11,13,15-16,21-22,27-28,37,42-43H,2-3,9-10,12,14,17,35H2,1H3,(H,39,41)/t21-,22+,27+,28+/m1/s1. The second-order valence-corrected chi connectivity index (χ2v) is 14.0. The Morgan fingerprint density at radius 1 is 1.20 bits per heavy atom. The molecule has 0 aliphatic carbocycles. The minimum absolute atomic E-state index is 0.142. The van der Waals surface area contributed by atoms with Crippen molar-refractivity contribution >= 4 is 34.0 Å². The predicted molar refractivity (Wildman–Crippen MR) is 165 cm³/mol. The molecule has 9 nitrogen and oxygen atoms in total. The number of halogens is 4. The zero-order valence-corrected chi connectivity index (χ0v) is 25.7. The molecule has 2 aliphatic heterocycles. The number of alkyl halides is 2. The summed E-state index contributed by atoms with van der Waals surface area (Å²) in [5.41, 5.74) is 7.48. The number of carbonyl (C=O) groups excluding carboxylic acids is 1. The third-order valence-electron chi connectivity index (χ3n) is 8.27. The highest BCUT2D eigenvalue weighted by molar-refractivity contribution is 8.22. The van der Waals surface area contributed by atoms with Crippen molar-refractivity contribution in [2.45, 2.75) is 62.6 Å². The lowest BCUT2D eigenvalue weighted by molar-refractivity contribution is -0.117. The fourth-order valence-corrected chi connectivity index (χ4v) is 7.89. The number of amides is 1. The molecule has 2 aromatic heterocycles. The van der Waals surface area contributed by atoms with Gasteiger partial charge in [-0.05, 0) is 55.0 Å². The van der Waals surface area contributed by atoms with E-state index in [9.17, 15) is 22.7 Å². The van der Waals surface area contributed by atoms with Gasteiger partial charge in [0.25, 0.3) is 5.92 Å². The number of piperazine rings is 1. The van der Waals surface area contributed by atoms with Gasteiger partial charge in [0, 0.05) is 54.8 Å². The Hall–Kier alpha value is -2.78. The van der Waals surface area contributed by atoms with E-state index in [0.717, 1.165) is 19.5 Å². The quantitative estimate of drug-likeness (QED) is 0.204. The lowest BCUT2D eigenvalue weighted by atomic mass is 9.85. The molecular weight excluding hydrogens is 617 g/mol. The van der Waals surface area contributed by atoms with Crippen molar-refractivity contribution in [3.63, 3.8) is 0 Å². The van der Waals surface area contributed by atoms with Crippen molar-refractivity contribution in [1.82, 2.24) is 19.6 Å². The molecule has 0 radical (unpaired) electrons. The predicted octanol–water partition coefficient (Wildman–Crippen LogP) is 5.51. The topological polar surface area (TPSA) is 137 Å². The molecule has 14 heteroatoms. The summed E-state index contributed by atoms with van der Waals surface area (Å²) in [5, 5.41) is 6.63. The van der Waals surface area contributed by atoms with Gasteiger partial charge in [0.2, 0.25) is 5.91 Å². The van der Waals surface area contributed by atoms with Crippen molar-refractivity contribution in [3.05, 3.63) is 88.2 Å². The normalized spacial score (nSPS) is 23.7. The van der Waals surface area contributed by atoms with Crippen LogP contribution in [-0.4, -0.2) is 66.3 Å². The molecule has 1 aromatic carbocycles. The van der Waals surface area contributed by atoms with Gasteiger partial charge < -0.3 is 16.4 Å². The third-order valence-corrected chi connectivity index (χ3v) is 10.6. The highest BCUT2D eigenvalue weighted by Crippen LogP contribution is 2.49. The van der Waals surface area contributed by atoms with Crippen LogP contribution in [0.3, 0.4) is 0 Å². The number of rotatable bonds is 9. The number of carbonyl (C=O) groups is 1. The maximum absolute atomic E-state index is 15.1. The Bertz CT molecular complexity index is 1460. The molecule has 5 atom stereocenters. The van der Waals surface area contributed by atoms with Crippen LogP contribution in [0.4, 0.5) is 18.9 Å². The average Bonchev–Trinajstić information content (AvgIpc) is 3.09. The molecule has 3 aromatic rings. The summed E-state index contributed by atoms with van der Waals surface area (Å²) < 4.78 is 66.1. The van der Waals surface area contributed by atoms with Gasteiger partial charge in [-0.1, -0.05) is 29.8 Å². The lowest BCUT2D eigenvalue weighted by Gasteiger charge is -2.49. The number of benzene rings is 1. The Morgan fingerprint density at radius 2 is 1.93 bits per heavy atom. The van der Waals surface area contributed by atoms with E-state index in [1.54, 1.807) is 28.6 Å². The highest BCUT2D eigenvalue weighted by Gasteiger charge is 2.38. The first-order valence-electron chi connectivity index (χ1n) is 14.4. The Morgan fingerprint density at radius 3 is 2.61 bits per heavy atom. The summed E-state index contributed by atoms with van der Waals surface area (Å²) >= 11 is 6.07. The fourth-order valence-electron chi connectivity index (χ4n) is 5.90. The van der Waals surface area contributed by atoms with Crippen LogP contribution < -0.4 is 16.4 Å². The van der Waals surface area contributed by atoms with E-state index >= 15 is 4.39 Å². The molecule has 2 aliphatic rings. The number of fused-ring (bicyclic) bond motifs is 2. The van der Waals surface area contributed by atoms with Crippen LogP contribution in [0.5, 0.6) is 0 Å². The van der Waals surface area contributed by atoms with Gasteiger partial charge in [0.05, 0.1) is 29.9 Å². The zero-order valence-electron chi connectivity index (χ0n) is 24.1. The van der Waals surface area contributed by atoms with Crippen LogP contribution in [0.2, 0.25) is 5.02 Å². The molecule has 2 bridgehead atoms. The molecule has 0 spiro atoms. The summed E-state index contributed by atoms with van der Waals surface area (Å²) in [6, 6.07) is 7.99. The molecule has 4 heterocycles. The van der Waals surface area contributed by atoms with E-state index in [1.807, 2.05) is 0 Å². The van der Waals surface area contributed by atoms with Gasteiger partial charge in [-0.3, -0.25) is 23.9 Å². The third kappa shape index (κ3) is 7.36. The van der Waals surface area contributed by atoms with Crippen LogP contribution in [0.1, 0.15) is 54.5 Å². The molecule has 2 saturated heterocycles. The Labute approximate surface area is 260 Å². The van der Waals surface area contributed by atoms with Crippen molar-refractivity contribution in [3.8, 4) is 0 Å². The van der Waals surface area contributed by atoms with Crippen LogP contribution in [0.15, 0.2) is 55.0 Å². The summed E-state index contributed by atoms with van der Waals surface area (Å²) in [6.45, 7) is 1.78. The van der Waals surface area contributed by atoms with Gasteiger partial charge >= 0.3 is 0 Å². The molecule has 44 heavy (non-hydrogen) atoms. The monoisotopic (exact) mass is 652 g/mol. The first kappa shape index (κ1) is 32.6. The van der Waals surface area contributed by atoms with Crippen molar-refractivity contribution < 1.29 is 27.1 Å². The van der Waals surface area contributed by atoms with E-state index in [0.29, 0.717) is 47.8 Å². The number of nitrogens with one attached hydrogen (secondary N) is 2. The van der Waals surface area contributed by atoms with E-state index in [-0.39, 0.29) is 29.8 Å². The first-order valence-corrected chi connectivity index (χ1v) is 16.4. The van der Waals surface area contributed by atoms with Gasteiger partial charge in [-0.15, -0.1) is 10.8 Å². The number of nitrogens with zero attached hydrogens (tertiary/aromatic N) is 3. The van der Waals surface area contributed by atoms with E-state index in [1.165, 1.54) is 24.5 Å². The molecule has 6 N–H and O–H groups in total. The molecule has 1 amide bonds. The number of pyridine rings is 2. The smallest absolute Gasteiger partial charge is 0.286 e. The van der Waals surface area contributed by atoms with E-state index in [2.05, 4.69) is 20.6 Å². The molecular formula is C30H36ClF3N6O3S. The minimum Gasteiger partial charge on any atom is -0.323 e. The van der Waals surface area contributed by atoms with E-state index < -0.39 is 46.1 Å². The largest absolute Gasteiger partial charge is 0.323 e. The molecule has 0 saturated carbocycles. The first-order chi connectivity index (χ1) is 20.8. The molecule has 238 valence electrons. The van der Waals surface area contributed by atoms with Gasteiger partial charge in [-0.2, -0.15) is 8.78 Å². The number of nitrogens with two attached hydrogens (primary N) is 1. The van der Waals surface area contributed by atoms with Crippen LogP contribution >= 0.6 is 22.4 Å². The SMILES string of the molecule is CC(F)(F)c1ccc([C@H](c2ccc(Cl)cc2)[C@H](N)C(=O)Nc2cncc(F)c2CC[C@H]2CN[C@@H]3CCCS(O)(O)N2C3)cn1. The number of aromatic nitrogens is 2. The second-order valence-electron chi connectivity index (χ2n) is 11.4. The summed E-state index contributed by atoms with van der Waals surface area (Å²) in [6.07, 6.45) is 5.84. The number of hydrogen-bond donors (Lipinski definition) is 5. The summed E-state index contributed by atoms with van der Waals surface area (Å²) in [4.78, 5) is 21.4. The zero-order chi connectivity index (χ0) is 31.6. The minimum atomic E-state index is -3.14. The fraction of sp³-hybridized carbons (Fsp3) is 0.433. The maximum atomic E-state index is 15.1. The van der Waals surface area contributed by atoms with Crippen molar-refractivity contribution in [1.29, 1.82) is 0 Å². The molecule has 1 unspecified atom stereocenters. The van der Waals surface area contributed by atoms with Crippen molar-refractivity contribution in [2.75, 3.05) is 24.2 Å². The van der Waals surface area contributed by atoms with Crippen molar-refractivity contribution in [2.24, 2.45) is 5.73 Å². The van der Waals surface area contributed by atoms with E-state index in [4.69, 9.17) is 17.3 Å². The molecule has 5 rings (SSSR count). The number of anilines is 1. The highest BCUT2D eigenvalue weighted by atomic mass is 35.5. The van der Waals surface area contributed by atoms with Crippen LogP contribution in [0.25, 0.3) is 0 Å².